The Morgan fingerprint density at radius 2 is 1.89 bits per heavy atom. The lowest BCUT2D eigenvalue weighted by atomic mass is 9.93. The van der Waals surface area contributed by atoms with Crippen LogP contribution in [0.5, 0.6) is 0 Å². The summed E-state index contributed by atoms with van der Waals surface area (Å²) < 4.78 is 3.42. The van der Waals surface area contributed by atoms with Crippen molar-refractivity contribution in [2.75, 3.05) is 18.4 Å². The maximum atomic E-state index is 12.5. The molecule has 27 heavy (non-hydrogen) atoms. The molecule has 2 amide bonds. The van der Waals surface area contributed by atoms with Crippen molar-refractivity contribution in [1.29, 1.82) is 0 Å². The Hall–Kier alpha value is -2.80. The van der Waals surface area contributed by atoms with Gasteiger partial charge in [0, 0.05) is 54.6 Å². The van der Waals surface area contributed by atoms with Gasteiger partial charge >= 0.3 is 6.03 Å². The minimum Gasteiger partial charge on any atom is -0.333 e. The molecule has 3 heterocycles. The number of likely N-dealkylation sites (tertiary alicyclic amines) is 1. The number of benzene rings is 1. The number of piperidine rings is 1. The summed E-state index contributed by atoms with van der Waals surface area (Å²) in [5.41, 5.74) is 2.37. The topological polar surface area (TPSA) is 71.6 Å². The van der Waals surface area contributed by atoms with E-state index < -0.39 is 0 Å². The second-order valence-corrected chi connectivity index (χ2v) is 7.20. The highest BCUT2D eigenvalue weighted by molar-refractivity contribution is 6.30. The summed E-state index contributed by atoms with van der Waals surface area (Å²) in [4.78, 5) is 26.5. The molecule has 7 nitrogen and oxygen atoms in total. The fourth-order valence-electron chi connectivity index (χ4n) is 3.64. The van der Waals surface area contributed by atoms with Gasteiger partial charge in [-0.15, -0.1) is 0 Å². The Morgan fingerprint density at radius 1 is 1.19 bits per heavy atom. The summed E-state index contributed by atoms with van der Waals surface area (Å²) in [7, 11) is 1.95. The fraction of sp³-hybridized carbons (Fsp3) is 0.316. The highest BCUT2D eigenvalue weighted by Gasteiger charge is 2.26. The molecule has 140 valence electrons. The second-order valence-electron chi connectivity index (χ2n) is 6.77. The third-order valence-corrected chi connectivity index (χ3v) is 5.38. The molecule has 1 aliphatic rings. The van der Waals surface area contributed by atoms with Crippen molar-refractivity contribution >= 4 is 29.0 Å². The number of halogens is 1. The molecule has 0 atom stereocenters. The van der Waals surface area contributed by atoms with E-state index in [0.717, 1.165) is 29.9 Å². The standard InChI is InChI=1S/C19H20ClN5O2/c1-23-16(12-18(26)25-17(23)6-9-21-25)13-7-10-24(11-8-13)19(27)22-15-4-2-14(20)3-5-15/h2-6,9,12-13H,7-8,10-11H2,1H3,(H,22,27). The third kappa shape index (κ3) is 3.42. The fourth-order valence-corrected chi connectivity index (χ4v) is 3.77. The van der Waals surface area contributed by atoms with E-state index in [1.54, 1.807) is 41.4 Å². The molecule has 3 aromatic rings. The molecule has 0 spiro atoms. The molecule has 1 N–H and O–H groups in total. The summed E-state index contributed by atoms with van der Waals surface area (Å²) in [5, 5.41) is 7.59. The molecule has 0 saturated carbocycles. The van der Waals surface area contributed by atoms with Crippen molar-refractivity contribution in [3.8, 4) is 0 Å². The molecule has 0 aliphatic carbocycles. The summed E-state index contributed by atoms with van der Waals surface area (Å²) in [6.07, 6.45) is 3.25. The monoisotopic (exact) mass is 385 g/mol. The first-order chi connectivity index (χ1) is 13.0. The van der Waals surface area contributed by atoms with Gasteiger partial charge < -0.3 is 14.8 Å². The van der Waals surface area contributed by atoms with E-state index in [1.165, 1.54) is 4.52 Å². The normalized spacial score (nSPS) is 15.3. The zero-order chi connectivity index (χ0) is 19.0. The minimum absolute atomic E-state index is 0.115. The number of carbonyl (C=O) groups excluding carboxylic acids is 1. The molecule has 2 aromatic heterocycles. The van der Waals surface area contributed by atoms with Crippen LogP contribution in [0, 0.1) is 0 Å². The summed E-state index contributed by atoms with van der Waals surface area (Å²) in [5.74, 6) is 0.238. The first kappa shape index (κ1) is 17.6. The van der Waals surface area contributed by atoms with E-state index in [4.69, 9.17) is 11.6 Å². The first-order valence-electron chi connectivity index (χ1n) is 8.88. The van der Waals surface area contributed by atoms with Crippen molar-refractivity contribution in [2.45, 2.75) is 18.8 Å². The second kappa shape index (κ2) is 7.08. The van der Waals surface area contributed by atoms with E-state index in [2.05, 4.69) is 10.4 Å². The first-order valence-corrected chi connectivity index (χ1v) is 9.26. The van der Waals surface area contributed by atoms with Gasteiger partial charge in [-0.25, -0.2) is 4.79 Å². The molecule has 1 saturated heterocycles. The number of hydrogen-bond donors (Lipinski definition) is 1. The lowest BCUT2D eigenvalue weighted by Gasteiger charge is -2.33. The lowest BCUT2D eigenvalue weighted by Crippen LogP contribution is -2.41. The zero-order valence-electron chi connectivity index (χ0n) is 14.9. The van der Waals surface area contributed by atoms with Crippen molar-refractivity contribution in [1.82, 2.24) is 19.1 Å². The van der Waals surface area contributed by atoms with Crippen LogP contribution in [0.4, 0.5) is 10.5 Å². The molecule has 1 aromatic carbocycles. The Morgan fingerprint density at radius 3 is 2.59 bits per heavy atom. The number of hydrogen-bond acceptors (Lipinski definition) is 3. The van der Waals surface area contributed by atoms with E-state index in [0.29, 0.717) is 18.1 Å². The molecule has 0 unspecified atom stereocenters. The number of nitrogens with zero attached hydrogens (tertiary/aromatic N) is 4. The van der Waals surface area contributed by atoms with Crippen molar-refractivity contribution < 1.29 is 4.79 Å². The lowest BCUT2D eigenvalue weighted by molar-refractivity contribution is 0.193. The van der Waals surface area contributed by atoms with Gasteiger partial charge in [-0.1, -0.05) is 11.6 Å². The van der Waals surface area contributed by atoms with Crippen molar-refractivity contribution in [2.24, 2.45) is 7.05 Å². The van der Waals surface area contributed by atoms with E-state index >= 15 is 0 Å². The van der Waals surface area contributed by atoms with Gasteiger partial charge in [0.05, 0.1) is 6.20 Å². The average molecular weight is 386 g/mol. The van der Waals surface area contributed by atoms with Gasteiger partial charge in [0.25, 0.3) is 5.56 Å². The van der Waals surface area contributed by atoms with Gasteiger partial charge in [0.15, 0.2) is 0 Å². The smallest absolute Gasteiger partial charge is 0.321 e. The number of aryl methyl sites for hydroxylation is 1. The molecular weight excluding hydrogens is 366 g/mol. The van der Waals surface area contributed by atoms with Crippen LogP contribution < -0.4 is 10.9 Å². The number of fused-ring (bicyclic) bond motifs is 1. The molecule has 0 bridgehead atoms. The van der Waals surface area contributed by atoms with Crippen LogP contribution in [0.15, 0.2) is 47.4 Å². The summed E-state index contributed by atoms with van der Waals surface area (Å²) in [6, 6.07) is 10.4. The van der Waals surface area contributed by atoms with Gasteiger partial charge in [-0.3, -0.25) is 4.79 Å². The van der Waals surface area contributed by atoms with Crippen LogP contribution >= 0.6 is 11.6 Å². The number of nitrogens with one attached hydrogen (secondary N) is 1. The van der Waals surface area contributed by atoms with Crippen molar-refractivity contribution in [3.05, 3.63) is 63.7 Å². The largest absolute Gasteiger partial charge is 0.333 e. The van der Waals surface area contributed by atoms with Gasteiger partial charge in [0.2, 0.25) is 0 Å². The van der Waals surface area contributed by atoms with E-state index in [1.807, 2.05) is 17.7 Å². The Labute approximate surface area is 161 Å². The van der Waals surface area contributed by atoms with Crippen LogP contribution in [0.25, 0.3) is 5.65 Å². The highest BCUT2D eigenvalue weighted by atomic mass is 35.5. The van der Waals surface area contributed by atoms with Crippen LogP contribution in [0.1, 0.15) is 24.5 Å². The van der Waals surface area contributed by atoms with E-state index in [9.17, 15) is 9.59 Å². The Balaban J connectivity index is 1.44. The summed E-state index contributed by atoms with van der Waals surface area (Å²) in [6.45, 7) is 1.28. The predicted molar refractivity (Wildman–Crippen MR) is 104 cm³/mol. The molecule has 0 radical (unpaired) electrons. The predicted octanol–water partition coefficient (Wildman–Crippen LogP) is 3.10. The Kier molecular flexibility index (Phi) is 4.61. The van der Waals surface area contributed by atoms with E-state index in [-0.39, 0.29) is 17.5 Å². The number of carbonyl (C=O) groups is 1. The molecular formula is C19H20ClN5O2. The number of anilines is 1. The number of rotatable bonds is 2. The third-order valence-electron chi connectivity index (χ3n) is 5.13. The zero-order valence-corrected chi connectivity index (χ0v) is 15.7. The molecule has 1 fully saturated rings. The van der Waals surface area contributed by atoms with Crippen molar-refractivity contribution in [3.63, 3.8) is 0 Å². The Bertz CT molecular complexity index is 1030. The number of amides is 2. The number of urea groups is 1. The molecule has 4 rings (SSSR count). The number of aromatic nitrogens is 3. The highest BCUT2D eigenvalue weighted by Crippen LogP contribution is 2.28. The molecule has 1 aliphatic heterocycles. The van der Waals surface area contributed by atoms with Gasteiger partial charge in [-0.05, 0) is 37.1 Å². The van der Waals surface area contributed by atoms with Crippen LogP contribution in [-0.4, -0.2) is 38.2 Å². The average Bonchev–Trinajstić information content (AvgIpc) is 3.17. The molecule has 8 heteroatoms. The SMILES string of the molecule is Cn1c(C2CCN(C(=O)Nc3ccc(Cl)cc3)CC2)cc(=O)n2nccc12. The van der Waals surface area contributed by atoms with Crippen LogP contribution in [0.2, 0.25) is 5.02 Å². The quantitative estimate of drug-likeness (QED) is 0.736. The summed E-state index contributed by atoms with van der Waals surface area (Å²) >= 11 is 5.87. The maximum Gasteiger partial charge on any atom is 0.321 e. The maximum absolute atomic E-state index is 12.5. The van der Waals surface area contributed by atoms with Gasteiger partial charge in [0.1, 0.15) is 5.65 Å². The van der Waals surface area contributed by atoms with Crippen LogP contribution in [0.3, 0.4) is 0 Å². The van der Waals surface area contributed by atoms with Crippen LogP contribution in [-0.2, 0) is 7.05 Å². The van der Waals surface area contributed by atoms with Gasteiger partial charge in [-0.2, -0.15) is 9.61 Å². The minimum atomic E-state index is -0.119.